The molecule has 0 saturated heterocycles. The van der Waals surface area contributed by atoms with Crippen LogP contribution in [-0.4, -0.2) is 19.4 Å². The lowest BCUT2D eigenvalue weighted by Gasteiger charge is -2.01. The second kappa shape index (κ2) is 4.42. The highest BCUT2D eigenvalue weighted by Gasteiger charge is 2.31. The Morgan fingerprint density at radius 1 is 1.05 bits per heavy atom. The van der Waals surface area contributed by atoms with Crippen LogP contribution in [-0.2, 0) is 0 Å². The number of hydrogen-bond acceptors (Lipinski definition) is 3. The fraction of sp³-hybridized carbons (Fsp3) is 0. The average molecular weight is 388 g/mol. The topological polar surface area (TPSA) is 54.6 Å². The summed E-state index contributed by atoms with van der Waals surface area (Å²) in [5.41, 5.74) is 2.83. The fourth-order valence-electron chi connectivity index (χ4n) is 2.61. The van der Waals surface area contributed by atoms with E-state index in [0.717, 1.165) is 5.52 Å². The average Bonchev–Trinajstić information content (AvgIpc) is 2.96. The first-order valence-corrected chi connectivity index (χ1v) is 7.36. The highest BCUT2D eigenvalue weighted by Crippen LogP contribution is 2.38. The predicted octanol–water partition coefficient (Wildman–Crippen LogP) is 3.86. The Kier molecular flexibility index (Phi) is 2.65. The summed E-state index contributed by atoms with van der Waals surface area (Å²) < 4.78 is 1.78. The maximum absolute atomic E-state index is 12.5. The van der Waals surface area contributed by atoms with Crippen molar-refractivity contribution in [2.75, 3.05) is 0 Å². The fourth-order valence-corrected chi connectivity index (χ4v) is 3.49. The van der Waals surface area contributed by atoms with Gasteiger partial charge < -0.3 is 5.11 Å². The van der Waals surface area contributed by atoms with E-state index in [0.29, 0.717) is 28.0 Å². The molecule has 0 atom stereocenters. The summed E-state index contributed by atoms with van der Waals surface area (Å²) in [6.45, 7) is 0. The number of hydrogen-bond donors (Lipinski definition) is 1. The van der Waals surface area contributed by atoms with E-state index >= 15 is 0 Å². The second-order valence-electron chi connectivity index (χ2n) is 4.80. The molecule has 3 aromatic rings. The van der Waals surface area contributed by atoms with Crippen molar-refractivity contribution in [2.45, 2.75) is 0 Å². The van der Waals surface area contributed by atoms with Crippen LogP contribution in [0.4, 0.5) is 5.69 Å². The summed E-state index contributed by atoms with van der Waals surface area (Å²) in [5, 5.41) is 11.2. The van der Waals surface area contributed by atoms with Gasteiger partial charge in [-0.1, -0.05) is 24.3 Å². The van der Waals surface area contributed by atoms with Crippen molar-refractivity contribution in [2.24, 2.45) is 4.99 Å². The molecule has 0 bridgehead atoms. The van der Waals surface area contributed by atoms with Gasteiger partial charge in [-0.3, -0.25) is 7.58 Å². The number of halogens is 1. The van der Waals surface area contributed by atoms with Gasteiger partial charge in [0.05, 0.1) is 34.1 Å². The van der Waals surface area contributed by atoms with Gasteiger partial charge in [-0.25, -0.2) is 4.99 Å². The second-order valence-corrected chi connectivity index (χ2v) is 5.77. The number of nitrogens with zero attached hydrogens (tertiary/aromatic N) is 2. The van der Waals surface area contributed by atoms with Gasteiger partial charge in [0.2, 0.25) is 5.78 Å². The van der Waals surface area contributed by atoms with Gasteiger partial charge in [0.25, 0.3) is 0 Å². The van der Waals surface area contributed by atoms with Gasteiger partial charge in [0.15, 0.2) is 5.75 Å². The third-order valence-electron chi connectivity index (χ3n) is 3.61. The molecule has 21 heavy (non-hydrogen) atoms. The normalized spacial score (nSPS) is 13.6. The molecule has 0 saturated carbocycles. The maximum Gasteiger partial charge on any atom is 0.215 e. The van der Waals surface area contributed by atoms with Crippen molar-refractivity contribution in [3.05, 3.63) is 59.8 Å². The summed E-state index contributed by atoms with van der Waals surface area (Å²) in [7, 11) is 0. The van der Waals surface area contributed by atoms with Crippen LogP contribution in [0.1, 0.15) is 16.1 Å². The van der Waals surface area contributed by atoms with Gasteiger partial charge in [-0.05, 0) is 24.3 Å². The molecule has 1 aromatic heterocycles. The number of aromatic nitrogens is 1. The van der Waals surface area contributed by atoms with Crippen molar-refractivity contribution in [3.63, 3.8) is 0 Å². The van der Waals surface area contributed by atoms with Gasteiger partial charge in [0.1, 0.15) is 11.4 Å². The molecule has 4 nitrogen and oxygen atoms in total. The SMILES string of the molecule is O=C1C(c2c(O)c3ccccc3n2I)=Nc2ccccc21. The number of para-hydroxylation sites is 2. The van der Waals surface area contributed by atoms with Gasteiger partial charge in [0, 0.05) is 10.9 Å². The van der Waals surface area contributed by atoms with Crippen LogP contribution in [0.5, 0.6) is 5.75 Å². The number of Topliss-reactive ketones (excluding diaryl/α,β-unsaturated/α-hetero) is 1. The zero-order valence-electron chi connectivity index (χ0n) is 10.7. The minimum absolute atomic E-state index is 0.0971. The number of rotatable bonds is 1. The molecule has 5 heteroatoms. The Morgan fingerprint density at radius 3 is 2.52 bits per heavy atom. The lowest BCUT2D eigenvalue weighted by atomic mass is 10.1. The number of carbonyl (C=O) groups is 1. The highest BCUT2D eigenvalue weighted by atomic mass is 127. The lowest BCUT2D eigenvalue weighted by molar-refractivity contribution is 0.106. The molecule has 0 aliphatic carbocycles. The first kappa shape index (κ1) is 12.6. The Morgan fingerprint density at radius 2 is 1.76 bits per heavy atom. The van der Waals surface area contributed by atoms with Crippen LogP contribution >= 0.6 is 22.9 Å². The van der Waals surface area contributed by atoms with Gasteiger partial charge >= 0.3 is 0 Å². The lowest BCUT2D eigenvalue weighted by Crippen LogP contribution is -2.13. The van der Waals surface area contributed by atoms with E-state index < -0.39 is 0 Å². The summed E-state index contributed by atoms with van der Waals surface area (Å²) in [4.78, 5) is 16.9. The summed E-state index contributed by atoms with van der Waals surface area (Å²) in [6.07, 6.45) is 0. The minimum Gasteiger partial charge on any atom is -0.505 e. The number of fused-ring (bicyclic) bond motifs is 2. The molecular formula is C16H9IN2O2. The molecule has 0 fully saturated rings. The number of benzene rings is 2. The van der Waals surface area contributed by atoms with Gasteiger partial charge in [-0.15, -0.1) is 0 Å². The van der Waals surface area contributed by atoms with Crippen LogP contribution in [0.3, 0.4) is 0 Å². The van der Waals surface area contributed by atoms with Crippen LogP contribution < -0.4 is 0 Å². The van der Waals surface area contributed by atoms with E-state index in [4.69, 9.17) is 0 Å². The minimum atomic E-state index is -0.151. The molecule has 4 rings (SSSR count). The first-order valence-electron chi connectivity index (χ1n) is 6.40. The van der Waals surface area contributed by atoms with E-state index in [-0.39, 0.29) is 11.5 Å². The zero-order valence-corrected chi connectivity index (χ0v) is 12.9. The summed E-state index contributed by atoms with van der Waals surface area (Å²) >= 11 is 2.08. The monoisotopic (exact) mass is 388 g/mol. The Hall–Kier alpha value is -2.15. The number of aliphatic imine (C=N–C) groups is 1. The van der Waals surface area contributed by atoms with Crippen molar-refractivity contribution >= 4 is 50.9 Å². The van der Waals surface area contributed by atoms with Crippen LogP contribution in [0.15, 0.2) is 53.5 Å². The van der Waals surface area contributed by atoms with E-state index in [9.17, 15) is 9.90 Å². The van der Waals surface area contributed by atoms with E-state index in [2.05, 4.69) is 27.9 Å². The highest BCUT2D eigenvalue weighted by molar-refractivity contribution is 14.1. The molecule has 0 unspecified atom stereocenters. The molecule has 2 heterocycles. The molecule has 2 aromatic carbocycles. The summed E-state index contributed by atoms with van der Waals surface area (Å²) in [6, 6.07) is 14.7. The summed E-state index contributed by atoms with van der Waals surface area (Å²) in [5.74, 6) is -0.0541. The van der Waals surface area contributed by atoms with Crippen molar-refractivity contribution in [3.8, 4) is 5.75 Å². The predicted molar refractivity (Wildman–Crippen MR) is 90.0 cm³/mol. The zero-order chi connectivity index (χ0) is 14.6. The molecule has 1 N–H and O–H groups in total. The van der Waals surface area contributed by atoms with Crippen LogP contribution in [0.25, 0.3) is 10.9 Å². The Bertz CT molecular complexity index is 902. The molecular weight excluding hydrogens is 379 g/mol. The van der Waals surface area contributed by atoms with Crippen LogP contribution in [0.2, 0.25) is 0 Å². The van der Waals surface area contributed by atoms with Crippen molar-refractivity contribution in [1.82, 2.24) is 2.78 Å². The largest absolute Gasteiger partial charge is 0.505 e. The van der Waals surface area contributed by atoms with Gasteiger partial charge in [-0.2, -0.15) is 0 Å². The van der Waals surface area contributed by atoms with Crippen LogP contribution in [0, 0.1) is 0 Å². The van der Waals surface area contributed by atoms with Crippen molar-refractivity contribution < 1.29 is 9.90 Å². The molecule has 0 spiro atoms. The Balaban J connectivity index is 2.00. The standard InChI is InChI=1S/C16H9IN2O2/c17-19-12-8-4-2-6-10(12)16(21)14(19)13-15(20)9-5-1-3-7-11(9)18-13/h1-8,21H. The third-order valence-corrected chi connectivity index (χ3v) is 4.61. The quantitative estimate of drug-likeness (QED) is 0.644. The first-order chi connectivity index (χ1) is 10.2. The molecule has 1 aliphatic rings. The maximum atomic E-state index is 12.5. The van der Waals surface area contributed by atoms with Crippen molar-refractivity contribution in [1.29, 1.82) is 0 Å². The molecule has 0 radical (unpaired) electrons. The molecule has 0 amide bonds. The Labute approximate surface area is 134 Å². The number of aromatic hydroxyl groups is 1. The molecule has 102 valence electrons. The smallest absolute Gasteiger partial charge is 0.215 e. The molecule has 1 aliphatic heterocycles. The number of carbonyl (C=O) groups excluding carboxylic acids is 1. The van der Waals surface area contributed by atoms with E-state index in [1.807, 2.05) is 36.4 Å². The van der Waals surface area contributed by atoms with E-state index in [1.54, 1.807) is 14.9 Å². The third kappa shape index (κ3) is 1.67. The van der Waals surface area contributed by atoms with E-state index in [1.165, 1.54) is 0 Å². The number of ketones is 1.